The Morgan fingerprint density at radius 1 is 1.25 bits per heavy atom. The summed E-state index contributed by atoms with van der Waals surface area (Å²) in [5.41, 5.74) is 0.220. The van der Waals surface area contributed by atoms with Gasteiger partial charge in [-0.05, 0) is 33.6 Å². The highest BCUT2D eigenvalue weighted by atomic mass is 32.2. The molecule has 2 fully saturated rings. The number of nitrogens with zero attached hydrogens (tertiary/aromatic N) is 1. The van der Waals surface area contributed by atoms with Crippen LogP contribution in [-0.4, -0.2) is 55.5 Å². The fourth-order valence-electron chi connectivity index (χ4n) is 3.57. The number of hydrogen-bond donors (Lipinski definition) is 1. The third kappa shape index (κ3) is 3.55. The number of rotatable bonds is 4. The fraction of sp³-hybridized carbons (Fsp3) is 1.00. The van der Waals surface area contributed by atoms with Crippen LogP contribution in [0.1, 0.15) is 52.9 Å². The second kappa shape index (κ2) is 6.32. The molecule has 1 N–H and O–H groups in total. The lowest BCUT2D eigenvalue weighted by molar-refractivity contribution is 0.0178. The van der Waals surface area contributed by atoms with E-state index in [4.69, 9.17) is 0 Å². The maximum atomic E-state index is 12.1. The summed E-state index contributed by atoms with van der Waals surface area (Å²) in [6.07, 6.45) is 6.32. The highest BCUT2D eigenvalue weighted by molar-refractivity contribution is 7.92. The molecular weight excluding hydrogens is 272 g/mol. The average Bonchev–Trinajstić information content (AvgIpc) is 2.41. The highest BCUT2D eigenvalue weighted by Crippen LogP contribution is 2.35. The van der Waals surface area contributed by atoms with Gasteiger partial charge in [0.2, 0.25) is 0 Å². The summed E-state index contributed by atoms with van der Waals surface area (Å²) in [4.78, 5) is 2.48. The van der Waals surface area contributed by atoms with Crippen LogP contribution in [-0.2, 0) is 9.84 Å². The second-order valence-corrected chi connectivity index (χ2v) is 9.61. The van der Waals surface area contributed by atoms with Crippen LogP contribution in [0.25, 0.3) is 0 Å². The summed E-state index contributed by atoms with van der Waals surface area (Å²) >= 11 is 0. The molecule has 1 unspecified atom stereocenters. The van der Waals surface area contributed by atoms with Crippen molar-refractivity contribution in [3.63, 3.8) is 0 Å². The zero-order chi connectivity index (χ0) is 14.8. The van der Waals surface area contributed by atoms with Crippen molar-refractivity contribution in [2.45, 2.75) is 69.7 Å². The monoisotopic (exact) mass is 302 g/mol. The van der Waals surface area contributed by atoms with E-state index in [2.05, 4.69) is 17.1 Å². The van der Waals surface area contributed by atoms with Gasteiger partial charge in [0.05, 0.1) is 11.0 Å². The summed E-state index contributed by atoms with van der Waals surface area (Å²) in [6.45, 7) is 8.47. The van der Waals surface area contributed by atoms with Crippen LogP contribution in [0.2, 0.25) is 0 Å². The van der Waals surface area contributed by atoms with Crippen molar-refractivity contribution in [1.82, 2.24) is 10.2 Å². The number of piperazine rings is 1. The molecule has 1 heterocycles. The Morgan fingerprint density at radius 2 is 1.90 bits per heavy atom. The smallest absolute Gasteiger partial charge is 0.153 e. The lowest BCUT2D eigenvalue weighted by atomic mass is 9.78. The molecule has 1 aliphatic carbocycles. The van der Waals surface area contributed by atoms with E-state index in [1.807, 2.05) is 0 Å². The molecule has 1 spiro atoms. The fourth-order valence-corrected chi connectivity index (χ4v) is 4.52. The minimum atomic E-state index is -2.93. The van der Waals surface area contributed by atoms with Crippen LogP contribution < -0.4 is 5.32 Å². The van der Waals surface area contributed by atoms with E-state index in [0.29, 0.717) is 18.3 Å². The van der Waals surface area contributed by atoms with E-state index >= 15 is 0 Å². The van der Waals surface area contributed by atoms with Gasteiger partial charge in [0.25, 0.3) is 0 Å². The maximum absolute atomic E-state index is 12.1. The molecule has 0 bridgehead atoms. The molecule has 20 heavy (non-hydrogen) atoms. The Balaban J connectivity index is 2.05. The molecule has 1 aliphatic heterocycles. The van der Waals surface area contributed by atoms with Crippen LogP contribution in [0.4, 0.5) is 0 Å². The quantitative estimate of drug-likeness (QED) is 0.860. The molecule has 118 valence electrons. The Morgan fingerprint density at radius 3 is 2.50 bits per heavy atom. The van der Waals surface area contributed by atoms with Gasteiger partial charge >= 0.3 is 0 Å². The average molecular weight is 302 g/mol. The van der Waals surface area contributed by atoms with Crippen molar-refractivity contribution in [3.8, 4) is 0 Å². The topological polar surface area (TPSA) is 49.4 Å². The molecule has 0 amide bonds. The Labute approximate surface area is 124 Å². The van der Waals surface area contributed by atoms with Crippen molar-refractivity contribution in [2.75, 3.05) is 25.4 Å². The van der Waals surface area contributed by atoms with E-state index in [1.165, 1.54) is 32.1 Å². The predicted molar refractivity (Wildman–Crippen MR) is 83.8 cm³/mol. The third-order valence-electron chi connectivity index (χ3n) is 5.09. The summed E-state index contributed by atoms with van der Waals surface area (Å²) in [5.74, 6) is 0.305. The van der Waals surface area contributed by atoms with E-state index in [9.17, 15) is 8.42 Å². The second-order valence-electron chi connectivity index (χ2n) is 6.93. The molecule has 2 aliphatic rings. The summed E-state index contributed by atoms with van der Waals surface area (Å²) < 4.78 is 24.2. The Hall–Kier alpha value is -0.130. The van der Waals surface area contributed by atoms with Gasteiger partial charge in [-0.15, -0.1) is 0 Å². The van der Waals surface area contributed by atoms with Crippen LogP contribution in [0.15, 0.2) is 0 Å². The molecule has 1 saturated carbocycles. The molecule has 4 nitrogen and oxygen atoms in total. The molecule has 0 aromatic heterocycles. The molecular formula is C15H30N2O2S. The molecule has 1 atom stereocenters. The van der Waals surface area contributed by atoms with Gasteiger partial charge in [-0.3, -0.25) is 4.90 Å². The zero-order valence-electron chi connectivity index (χ0n) is 13.2. The number of hydrogen-bond acceptors (Lipinski definition) is 4. The summed E-state index contributed by atoms with van der Waals surface area (Å²) in [5, 5.41) is 3.34. The first-order valence-electron chi connectivity index (χ1n) is 8.06. The van der Waals surface area contributed by atoms with Crippen molar-refractivity contribution in [2.24, 2.45) is 0 Å². The van der Waals surface area contributed by atoms with Gasteiger partial charge in [0.1, 0.15) is 0 Å². The Bertz CT molecular complexity index is 414. The minimum Gasteiger partial charge on any atom is -0.311 e. The molecule has 0 radical (unpaired) electrons. The van der Waals surface area contributed by atoms with Gasteiger partial charge in [0, 0.05) is 31.2 Å². The van der Waals surface area contributed by atoms with Gasteiger partial charge in [-0.25, -0.2) is 8.42 Å². The minimum absolute atomic E-state index is 0.220. The number of nitrogens with one attached hydrogen (secondary N) is 1. The third-order valence-corrected chi connectivity index (χ3v) is 7.28. The van der Waals surface area contributed by atoms with Crippen LogP contribution in [0.3, 0.4) is 0 Å². The van der Waals surface area contributed by atoms with Crippen LogP contribution in [0.5, 0.6) is 0 Å². The maximum Gasteiger partial charge on any atom is 0.153 e. The van der Waals surface area contributed by atoms with Crippen LogP contribution in [0, 0.1) is 0 Å². The largest absolute Gasteiger partial charge is 0.311 e. The highest BCUT2D eigenvalue weighted by Gasteiger charge is 2.41. The van der Waals surface area contributed by atoms with Gasteiger partial charge in [-0.2, -0.15) is 0 Å². The summed E-state index contributed by atoms with van der Waals surface area (Å²) in [6, 6.07) is 0.462. The Kier molecular flexibility index (Phi) is 5.14. The molecule has 1 saturated heterocycles. The van der Waals surface area contributed by atoms with E-state index in [-0.39, 0.29) is 10.8 Å². The van der Waals surface area contributed by atoms with Gasteiger partial charge < -0.3 is 5.32 Å². The SMILES string of the molecule is CC1CN(CCS(=O)(=O)C(C)C)C2(CCCCC2)CN1. The van der Waals surface area contributed by atoms with Crippen molar-refractivity contribution in [1.29, 1.82) is 0 Å². The lowest BCUT2D eigenvalue weighted by Gasteiger charge is -2.51. The molecule has 5 heteroatoms. The van der Waals surface area contributed by atoms with E-state index in [0.717, 1.165) is 13.1 Å². The predicted octanol–water partition coefficient (Wildman–Crippen LogP) is 1.81. The van der Waals surface area contributed by atoms with Crippen molar-refractivity contribution >= 4 is 9.84 Å². The first-order valence-corrected chi connectivity index (χ1v) is 9.77. The first kappa shape index (κ1) is 16.2. The molecule has 0 aromatic carbocycles. The summed E-state index contributed by atoms with van der Waals surface area (Å²) in [7, 11) is -2.93. The van der Waals surface area contributed by atoms with Crippen molar-refractivity contribution < 1.29 is 8.42 Å². The normalized spacial score (nSPS) is 28.1. The van der Waals surface area contributed by atoms with E-state index < -0.39 is 9.84 Å². The van der Waals surface area contributed by atoms with Crippen LogP contribution >= 0.6 is 0 Å². The molecule has 0 aromatic rings. The molecule has 2 rings (SSSR count). The zero-order valence-corrected chi connectivity index (χ0v) is 14.0. The van der Waals surface area contributed by atoms with Gasteiger partial charge in [-0.1, -0.05) is 19.3 Å². The van der Waals surface area contributed by atoms with Gasteiger partial charge in [0.15, 0.2) is 9.84 Å². The first-order chi connectivity index (χ1) is 9.36. The van der Waals surface area contributed by atoms with E-state index in [1.54, 1.807) is 13.8 Å². The number of sulfone groups is 1. The standard InChI is InChI=1S/C15H30N2O2S/c1-13(2)20(18,19)10-9-17-11-14(3)16-12-15(17)7-5-4-6-8-15/h13-14,16H,4-12H2,1-3H3. The lowest BCUT2D eigenvalue weighted by Crippen LogP contribution is -2.65. The van der Waals surface area contributed by atoms with Crippen molar-refractivity contribution in [3.05, 3.63) is 0 Å².